The van der Waals surface area contributed by atoms with Crippen LogP contribution in [0.4, 0.5) is 13.2 Å². The van der Waals surface area contributed by atoms with Gasteiger partial charge in [0.25, 0.3) is 0 Å². The zero-order valence-corrected chi connectivity index (χ0v) is 12.2. The molecule has 0 heterocycles. The van der Waals surface area contributed by atoms with Crippen LogP contribution >= 0.6 is 0 Å². The van der Waals surface area contributed by atoms with E-state index in [1.54, 1.807) is 12.1 Å². The van der Waals surface area contributed by atoms with Gasteiger partial charge in [-0.05, 0) is 48.4 Å². The zero-order valence-electron chi connectivity index (χ0n) is 12.2. The SMILES string of the molecule is CCCNC(c1ccc(C(F)(F)F)cc1)C1CC1(C)C. The zero-order chi connectivity index (χ0) is 15.0. The topological polar surface area (TPSA) is 12.0 Å². The van der Waals surface area contributed by atoms with Crippen molar-refractivity contribution in [1.29, 1.82) is 0 Å². The largest absolute Gasteiger partial charge is 0.416 e. The Balaban J connectivity index is 2.17. The number of hydrogen-bond acceptors (Lipinski definition) is 1. The molecule has 0 bridgehead atoms. The maximum Gasteiger partial charge on any atom is 0.416 e. The summed E-state index contributed by atoms with van der Waals surface area (Å²) >= 11 is 0. The van der Waals surface area contributed by atoms with Crippen LogP contribution < -0.4 is 5.32 Å². The van der Waals surface area contributed by atoms with E-state index in [4.69, 9.17) is 0 Å². The summed E-state index contributed by atoms with van der Waals surface area (Å²) in [6, 6.07) is 5.76. The summed E-state index contributed by atoms with van der Waals surface area (Å²) in [6.45, 7) is 7.40. The predicted octanol–water partition coefficient (Wildman–Crippen LogP) is 4.79. The first-order valence-electron chi connectivity index (χ1n) is 7.16. The molecule has 0 spiro atoms. The number of rotatable bonds is 5. The summed E-state index contributed by atoms with van der Waals surface area (Å²) in [5.74, 6) is 0.505. The summed E-state index contributed by atoms with van der Waals surface area (Å²) in [6.07, 6.45) is -2.12. The van der Waals surface area contributed by atoms with E-state index >= 15 is 0 Å². The maximum atomic E-state index is 12.6. The molecule has 0 amide bonds. The quantitative estimate of drug-likeness (QED) is 0.820. The average Bonchev–Trinajstić information content (AvgIpc) is 2.98. The van der Waals surface area contributed by atoms with Gasteiger partial charge in [0.15, 0.2) is 0 Å². The van der Waals surface area contributed by atoms with Crippen molar-refractivity contribution in [2.24, 2.45) is 11.3 Å². The van der Waals surface area contributed by atoms with Gasteiger partial charge in [0.1, 0.15) is 0 Å². The summed E-state index contributed by atoms with van der Waals surface area (Å²) < 4.78 is 37.8. The van der Waals surface area contributed by atoms with Crippen LogP contribution in [0.15, 0.2) is 24.3 Å². The molecule has 1 aromatic carbocycles. The van der Waals surface area contributed by atoms with Crippen molar-refractivity contribution >= 4 is 0 Å². The Bertz CT molecular complexity index is 448. The van der Waals surface area contributed by atoms with Crippen LogP contribution in [0.3, 0.4) is 0 Å². The number of halogens is 3. The van der Waals surface area contributed by atoms with Crippen molar-refractivity contribution in [1.82, 2.24) is 5.32 Å². The Hall–Kier alpha value is -1.03. The fourth-order valence-electron chi connectivity index (χ4n) is 2.75. The minimum Gasteiger partial charge on any atom is -0.310 e. The van der Waals surface area contributed by atoms with Crippen LogP contribution in [-0.2, 0) is 6.18 Å². The lowest BCUT2D eigenvalue weighted by Crippen LogP contribution is -2.25. The van der Waals surface area contributed by atoms with Crippen molar-refractivity contribution in [3.8, 4) is 0 Å². The molecule has 2 unspecified atom stereocenters. The Morgan fingerprint density at radius 2 is 1.80 bits per heavy atom. The van der Waals surface area contributed by atoms with E-state index in [0.29, 0.717) is 5.92 Å². The molecule has 2 rings (SSSR count). The third-order valence-electron chi connectivity index (χ3n) is 4.20. The van der Waals surface area contributed by atoms with Crippen molar-refractivity contribution in [3.63, 3.8) is 0 Å². The highest BCUT2D eigenvalue weighted by Gasteiger charge is 2.50. The van der Waals surface area contributed by atoms with E-state index in [0.717, 1.165) is 24.9 Å². The van der Waals surface area contributed by atoms with Crippen LogP contribution in [0.1, 0.15) is 50.8 Å². The molecule has 1 fully saturated rings. The first-order valence-corrected chi connectivity index (χ1v) is 7.16. The Morgan fingerprint density at radius 1 is 1.25 bits per heavy atom. The van der Waals surface area contributed by atoms with E-state index in [2.05, 4.69) is 26.1 Å². The number of benzene rings is 1. The summed E-state index contributed by atoms with van der Waals surface area (Å²) in [5, 5.41) is 3.48. The fourth-order valence-corrected chi connectivity index (χ4v) is 2.75. The first kappa shape index (κ1) is 15.4. The van der Waals surface area contributed by atoms with Crippen LogP contribution in [0.5, 0.6) is 0 Å². The minimum absolute atomic E-state index is 0.159. The smallest absolute Gasteiger partial charge is 0.310 e. The van der Waals surface area contributed by atoms with Gasteiger partial charge in [0.05, 0.1) is 5.56 Å². The Kier molecular flexibility index (Phi) is 4.14. The van der Waals surface area contributed by atoms with Gasteiger partial charge in [-0.3, -0.25) is 0 Å². The number of nitrogens with one attached hydrogen (secondary N) is 1. The molecule has 1 saturated carbocycles. The lowest BCUT2D eigenvalue weighted by molar-refractivity contribution is -0.137. The highest BCUT2D eigenvalue weighted by Crippen LogP contribution is 2.57. The van der Waals surface area contributed by atoms with Gasteiger partial charge in [0.2, 0.25) is 0 Å². The van der Waals surface area contributed by atoms with Gasteiger partial charge >= 0.3 is 6.18 Å². The molecule has 20 heavy (non-hydrogen) atoms. The summed E-state index contributed by atoms with van der Waals surface area (Å²) in [4.78, 5) is 0. The highest BCUT2D eigenvalue weighted by molar-refractivity contribution is 5.29. The van der Waals surface area contributed by atoms with Crippen molar-refractivity contribution in [3.05, 3.63) is 35.4 Å². The third-order valence-corrected chi connectivity index (χ3v) is 4.20. The Labute approximate surface area is 118 Å². The van der Waals surface area contributed by atoms with Gasteiger partial charge in [-0.15, -0.1) is 0 Å². The van der Waals surface area contributed by atoms with E-state index < -0.39 is 11.7 Å². The monoisotopic (exact) mass is 285 g/mol. The van der Waals surface area contributed by atoms with Crippen LogP contribution in [0.25, 0.3) is 0 Å². The number of hydrogen-bond donors (Lipinski definition) is 1. The van der Waals surface area contributed by atoms with E-state index in [9.17, 15) is 13.2 Å². The lowest BCUT2D eigenvalue weighted by Gasteiger charge is -2.21. The van der Waals surface area contributed by atoms with Gasteiger partial charge in [-0.2, -0.15) is 13.2 Å². The van der Waals surface area contributed by atoms with Crippen molar-refractivity contribution in [2.45, 2.75) is 45.8 Å². The van der Waals surface area contributed by atoms with E-state index in [-0.39, 0.29) is 11.5 Å². The molecule has 112 valence electrons. The molecule has 0 radical (unpaired) electrons. The lowest BCUT2D eigenvalue weighted by atomic mass is 9.96. The van der Waals surface area contributed by atoms with Gasteiger partial charge < -0.3 is 5.32 Å². The minimum atomic E-state index is -4.26. The number of alkyl halides is 3. The second-order valence-electron chi connectivity index (χ2n) is 6.35. The molecular weight excluding hydrogens is 263 g/mol. The van der Waals surface area contributed by atoms with Crippen LogP contribution in [0, 0.1) is 11.3 Å². The molecule has 0 aromatic heterocycles. The molecular formula is C16H22F3N. The molecule has 1 aliphatic rings. The molecule has 1 nitrogen and oxygen atoms in total. The van der Waals surface area contributed by atoms with Gasteiger partial charge in [0, 0.05) is 6.04 Å². The molecule has 1 aromatic rings. The van der Waals surface area contributed by atoms with Crippen molar-refractivity contribution < 1.29 is 13.2 Å². The average molecular weight is 285 g/mol. The second-order valence-corrected chi connectivity index (χ2v) is 6.35. The molecule has 1 aliphatic carbocycles. The van der Waals surface area contributed by atoms with Gasteiger partial charge in [-0.25, -0.2) is 0 Å². The second kappa shape index (κ2) is 5.40. The summed E-state index contributed by atoms with van der Waals surface area (Å²) in [7, 11) is 0. The summed E-state index contributed by atoms with van der Waals surface area (Å²) in [5.41, 5.74) is 0.668. The molecule has 0 aliphatic heterocycles. The molecule has 0 saturated heterocycles. The fraction of sp³-hybridized carbons (Fsp3) is 0.625. The third kappa shape index (κ3) is 3.35. The standard InChI is InChI=1S/C16H22F3N/c1-4-9-20-14(13-10-15(13,2)3)11-5-7-12(8-6-11)16(17,18)19/h5-8,13-14,20H,4,9-10H2,1-3H3. The first-order chi connectivity index (χ1) is 9.25. The predicted molar refractivity (Wildman–Crippen MR) is 74.4 cm³/mol. The molecule has 1 N–H and O–H groups in total. The normalized spacial score (nSPS) is 22.6. The Morgan fingerprint density at radius 3 is 2.20 bits per heavy atom. The van der Waals surface area contributed by atoms with Crippen LogP contribution in [0.2, 0.25) is 0 Å². The highest BCUT2D eigenvalue weighted by atomic mass is 19.4. The van der Waals surface area contributed by atoms with Crippen LogP contribution in [-0.4, -0.2) is 6.54 Å². The van der Waals surface area contributed by atoms with Gasteiger partial charge in [-0.1, -0.05) is 32.9 Å². The van der Waals surface area contributed by atoms with E-state index in [1.165, 1.54) is 12.1 Å². The molecule has 2 atom stereocenters. The van der Waals surface area contributed by atoms with E-state index in [1.807, 2.05) is 0 Å². The maximum absolute atomic E-state index is 12.6. The van der Waals surface area contributed by atoms with Crippen molar-refractivity contribution in [2.75, 3.05) is 6.54 Å². The molecule has 4 heteroatoms.